The molecule has 0 aliphatic rings. The molecule has 0 aliphatic carbocycles. The van der Waals surface area contributed by atoms with E-state index in [0.29, 0.717) is 62.4 Å². The minimum Gasteiger partial charge on any atom is -0.267 e. The van der Waals surface area contributed by atoms with Gasteiger partial charge < -0.3 is 0 Å². The topological polar surface area (TPSA) is 158 Å². The number of nitro benzene ring substituents is 2. The number of nitrogens with one attached hydrogen (secondary N) is 1. The van der Waals surface area contributed by atoms with Crippen LogP contribution < -0.4 is 5.56 Å². The molecular formula is C34H19Cl3F4N6O5. The summed E-state index contributed by atoms with van der Waals surface area (Å²) in [5, 5.41) is 35.9. The molecule has 0 amide bonds. The average molecular weight is 774 g/mol. The molecule has 2 heterocycles. The molecule has 0 saturated heterocycles. The summed E-state index contributed by atoms with van der Waals surface area (Å²) in [5.41, 5.74) is -1.49. The van der Waals surface area contributed by atoms with Gasteiger partial charge in [0, 0.05) is 26.7 Å². The van der Waals surface area contributed by atoms with Crippen molar-refractivity contribution in [1.82, 2.24) is 20.4 Å². The Morgan fingerprint density at radius 3 is 1.37 bits per heavy atom. The highest BCUT2D eigenvalue weighted by Gasteiger charge is 2.27. The maximum absolute atomic E-state index is 14.6. The van der Waals surface area contributed by atoms with Crippen molar-refractivity contribution in [3.63, 3.8) is 0 Å². The van der Waals surface area contributed by atoms with Gasteiger partial charge in [0.15, 0.2) is 5.15 Å². The zero-order valence-corrected chi connectivity index (χ0v) is 28.6. The second-order valence-corrected chi connectivity index (χ2v) is 12.0. The number of H-pyrrole nitrogens is 1. The molecule has 264 valence electrons. The van der Waals surface area contributed by atoms with E-state index in [-0.39, 0.29) is 21.8 Å². The van der Waals surface area contributed by atoms with Crippen LogP contribution >= 0.6 is 34.8 Å². The second kappa shape index (κ2) is 15.2. The Morgan fingerprint density at radius 1 is 0.577 bits per heavy atom. The Hall–Kier alpha value is -5.77. The Balaban J connectivity index is 0.000000201. The number of aromatic amines is 1. The van der Waals surface area contributed by atoms with Crippen molar-refractivity contribution in [2.45, 2.75) is 13.8 Å². The molecule has 0 bridgehead atoms. The van der Waals surface area contributed by atoms with Gasteiger partial charge in [-0.25, -0.2) is 22.7 Å². The quantitative estimate of drug-likeness (QED) is 0.0995. The van der Waals surface area contributed by atoms with Crippen LogP contribution in [0.1, 0.15) is 11.4 Å². The van der Waals surface area contributed by atoms with Gasteiger partial charge in [-0.15, -0.1) is 5.10 Å². The molecule has 0 radical (unpaired) electrons. The van der Waals surface area contributed by atoms with Crippen molar-refractivity contribution in [3.05, 3.63) is 153 Å². The number of hydrogen-bond donors (Lipinski definition) is 1. The van der Waals surface area contributed by atoms with Crippen molar-refractivity contribution < 1.29 is 27.4 Å². The van der Waals surface area contributed by atoms with E-state index in [2.05, 4.69) is 20.4 Å². The summed E-state index contributed by atoms with van der Waals surface area (Å²) in [4.78, 5) is 32.1. The first-order valence-corrected chi connectivity index (χ1v) is 15.6. The third-order valence-electron chi connectivity index (χ3n) is 7.51. The van der Waals surface area contributed by atoms with E-state index in [4.69, 9.17) is 34.8 Å². The molecule has 0 spiro atoms. The van der Waals surface area contributed by atoms with Crippen LogP contribution in [0.4, 0.5) is 28.9 Å². The third-order valence-corrected chi connectivity index (χ3v) is 8.28. The zero-order valence-electron chi connectivity index (χ0n) is 26.4. The molecule has 0 unspecified atom stereocenters. The fourth-order valence-corrected chi connectivity index (χ4v) is 5.74. The van der Waals surface area contributed by atoms with Crippen LogP contribution in [0.3, 0.4) is 0 Å². The number of rotatable bonds is 6. The second-order valence-electron chi connectivity index (χ2n) is 10.8. The highest BCUT2D eigenvalue weighted by atomic mass is 35.5. The van der Waals surface area contributed by atoms with E-state index in [1.807, 2.05) is 0 Å². The largest absolute Gasteiger partial charge is 0.275 e. The zero-order chi connectivity index (χ0) is 38.0. The normalized spacial score (nSPS) is 10.8. The molecule has 2 aromatic heterocycles. The Morgan fingerprint density at radius 2 is 0.962 bits per heavy atom. The highest BCUT2D eigenvalue weighted by Crippen LogP contribution is 2.41. The molecular weight excluding hydrogens is 755 g/mol. The number of benzene rings is 4. The lowest BCUT2D eigenvalue weighted by molar-refractivity contribution is -0.385. The van der Waals surface area contributed by atoms with Gasteiger partial charge in [-0.2, -0.15) is 10.2 Å². The van der Waals surface area contributed by atoms with Crippen LogP contribution in [0, 0.1) is 57.3 Å². The number of aromatic nitrogens is 4. The number of nitrogens with zero attached hydrogens (tertiary/aromatic N) is 5. The van der Waals surface area contributed by atoms with Gasteiger partial charge in [0.25, 0.3) is 16.9 Å². The van der Waals surface area contributed by atoms with E-state index in [1.54, 1.807) is 62.4 Å². The van der Waals surface area contributed by atoms with Gasteiger partial charge in [-0.1, -0.05) is 59.1 Å². The monoisotopic (exact) mass is 772 g/mol. The average Bonchev–Trinajstić information content (AvgIpc) is 3.08. The van der Waals surface area contributed by atoms with Gasteiger partial charge in [0.05, 0.1) is 62.2 Å². The fourth-order valence-electron chi connectivity index (χ4n) is 5.26. The van der Waals surface area contributed by atoms with Crippen LogP contribution in [0.15, 0.2) is 77.6 Å². The lowest BCUT2D eigenvalue weighted by atomic mass is 9.94. The molecule has 0 fully saturated rings. The Labute approximate surface area is 304 Å². The van der Waals surface area contributed by atoms with Gasteiger partial charge in [-0.3, -0.25) is 25.0 Å². The molecule has 6 aromatic rings. The number of aryl methyl sites for hydroxylation is 2. The van der Waals surface area contributed by atoms with Crippen LogP contribution in [-0.4, -0.2) is 30.2 Å². The molecule has 52 heavy (non-hydrogen) atoms. The maximum atomic E-state index is 14.6. The van der Waals surface area contributed by atoms with Gasteiger partial charge in [-0.05, 0) is 49.2 Å². The molecule has 1 N–H and O–H groups in total. The van der Waals surface area contributed by atoms with Crippen molar-refractivity contribution in [3.8, 4) is 44.5 Å². The Kier molecular flexibility index (Phi) is 11.0. The number of nitro groups is 2. The van der Waals surface area contributed by atoms with E-state index in [9.17, 15) is 42.6 Å². The predicted octanol–water partition coefficient (Wildman–Crippen LogP) is 9.86. The number of hydrogen-bond acceptors (Lipinski definition) is 8. The SMILES string of the molecule is Cc1n[nH]c(=O)c(-c2c(F)cc([N+](=O)[O-])cc2F)c1-c1ccc(Cl)cc1.Cc1nnc(Cl)c(-c2c(F)cc([N+](=O)[O-])cc2F)c1-c1ccc(Cl)cc1. The summed E-state index contributed by atoms with van der Waals surface area (Å²) < 4.78 is 58.1. The van der Waals surface area contributed by atoms with Crippen LogP contribution in [-0.2, 0) is 0 Å². The molecule has 4 aromatic carbocycles. The number of halogens is 7. The summed E-state index contributed by atoms with van der Waals surface area (Å²) in [7, 11) is 0. The van der Waals surface area contributed by atoms with E-state index in [0.717, 1.165) is 0 Å². The van der Waals surface area contributed by atoms with Crippen LogP contribution in [0.2, 0.25) is 15.2 Å². The fraction of sp³-hybridized carbons (Fsp3) is 0.0588. The summed E-state index contributed by atoms with van der Waals surface area (Å²) in [5.74, 6) is -4.69. The molecule has 0 saturated carbocycles. The summed E-state index contributed by atoms with van der Waals surface area (Å²) >= 11 is 17.8. The van der Waals surface area contributed by atoms with Gasteiger partial charge in [0.1, 0.15) is 23.3 Å². The Bertz CT molecular complexity index is 2400. The first kappa shape index (κ1) is 37.5. The number of non-ortho nitro benzene ring substituents is 2. The predicted molar refractivity (Wildman–Crippen MR) is 186 cm³/mol. The van der Waals surface area contributed by atoms with Gasteiger partial charge >= 0.3 is 0 Å². The summed E-state index contributed by atoms with van der Waals surface area (Å²) in [6.07, 6.45) is 0. The standard InChI is InChI=1S/C17H9Cl2F2N3O2.C17H10ClF2N3O3/c1-8-14(9-2-4-10(18)5-3-9)16(17(19)23-22-8)15-12(20)6-11(24(25)26)7-13(15)21;1-8-14(9-2-4-10(18)5-3-9)16(17(24)22-21-8)15-12(19)6-11(23(25)26)7-13(15)20/h2-7H,1H3;2-7H,1H3,(H,22,24). The van der Waals surface area contributed by atoms with Crippen molar-refractivity contribution in [1.29, 1.82) is 0 Å². The van der Waals surface area contributed by atoms with Crippen LogP contribution in [0.5, 0.6) is 0 Å². The van der Waals surface area contributed by atoms with E-state index in [1.165, 1.54) is 0 Å². The highest BCUT2D eigenvalue weighted by molar-refractivity contribution is 6.33. The van der Waals surface area contributed by atoms with Crippen molar-refractivity contribution in [2.24, 2.45) is 0 Å². The molecule has 0 aliphatic heterocycles. The third kappa shape index (κ3) is 7.61. The molecule has 18 heteroatoms. The minimum atomic E-state index is -1.22. The lowest BCUT2D eigenvalue weighted by Crippen LogP contribution is -2.16. The van der Waals surface area contributed by atoms with Crippen molar-refractivity contribution >= 4 is 46.2 Å². The molecule has 11 nitrogen and oxygen atoms in total. The minimum absolute atomic E-state index is 0.0358. The molecule has 6 rings (SSSR count). The first-order chi connectivity index (χ1) is 24.6. The van der Waals surface area contributed by atoms with Gasteiger partial charge in [0.2, 0.25) is 0 Å². The maximum Gasteiger partial charge on any atom is 0.275 e. The van der Waals surface area contributed by atoms with E-state index >= 15 is 0 Å². The summed E-state index contributed by atoms with van der Waals surface area (Å²) in [6.45, 7) is 3.17. The summed E-state index contributed by atoms with van der Waals surface area (Å²) in [6, 6.07) is 15.2. The smallest absolute Gasteiger partial charge is 0.267 e. The molecule has 0 atom stereocenters. The van der Waals surface area contributed by atoms with E-state index < -0.39 is 61.2 Å². The lowest BCUT2D eigenvalue weighted by Gasteiger charge is -2.15. The van der Waals surface area contributed by atoms with Crippen LogP contribution in [0.25, 0.3) is 44.5 Å². The first-order valence-electron chi connectivity index (χ1n) is 14.5. The van der Waals surface area contributed by atoms with Crippen molar-refractivity contribution in [2.75, 3.05) is 0 Å².